The fourth-order valence-corrected chi connectivity index (χ4v) is 1.58. The fraction of sp³-hybridized carbons (Fsp3) is 0.455. The summed E-state index contributed by atoms with van der Waals surface area (Å²) >= 11 is 5.80. The number of ether oxygens (including phenoxy) is 2. The van der Waals surface area contributed by atoms with Crippen LogP contribution in [0.2, 0.25) is 5.02 Å². The van der Waals surface area contributed by atoms with Crippen LogP contribution in [0, 0.1) is 0 Å². The lowest BCUT2D eigenvalue weighted by Gasteiger charge is -2.28. The number of hydrogen-bond donors (Lipinski definition) is 0. The Morgan fingerprint density at radius 2 is 2.00 bits per heavy atom. The molecule has 1 saturated heterocycles. The third kappa shape index (κ3) is 2.27. The first kappa shape index (κ1) is 9.97. The molecule has 14 heavy (non-hydrogen) atoms. The molecule has 0 spiro atoms. The van der Waals surface area contributed by atoms with Gasteiger partial charge in [0.25, 0.3) is 0 Å². The first-order chi connectivity index (χ1) is 6.75. The number of rotatable bonds is 1. The summed E-state index contributed by atoms with van der Waals surface area (Å²) < 4.78 is 11.2. The first-order valence-corrected chi connectivity index (χ1v) is 5.16. The van der Waals surface area contributed by atoms with Crippen LogP contribution in [0.5, 0.6) is 0 Å². The van der Waals surface area contributed by atoms with Crippen LogP contribution in [-0.4, -0.2) is 12.7 Å². The Balaban J connectivity index is 2.10. The van der Waals surface area contributed by atoms with E-state index in [1.807, 2.05) is 24.3 Å². The molecule has 0 aliphatic carbocycles. The summed E-state index contributed by atoms with van der Waals surface area (Å²) in [7, 11) is 0. The number of hydrogen-bond acceptors (Lipinski definition) is 2. The molecule has 0 bridgehead atoms. The monoisotopic (exact) mass is 212 g/mol. The standard InChI is InChI=1S/C11H13ClO2/c1-8-6-7-13-11(14-8)9-2-4-10(12)5-3-9/h2-5,8,11H,6-7H2,1H3. The lowest BCUT2D eigenvalue weighted by molar-refractivity contribution is -0.212. The van der Waals surface area contributed by atoms with Gasteiger partial charge in [-0.15, -0.1) is 0 Å². The maximum Gasteiger partial charge on any atom is 0.184 e. The molecule has 1 aromatic rings. The highest BCUT2D eigenvalue weighted by molar-refractivity contribution is 6.30. The van der Waals surface area contributed by atoms with E-state index < -0.39 is 0 Å². The van der Waals surface area contributed by atoms with Crippen molar-refractivity contribution in [2.24, 2.45) is 0 Å². The van der Waals surface area contributed by atoms with Gasteiger partial charge in [0.2, 0.25) is 0 Å². The van der Waals surface area contributed by atoms with Crippen molar-refractivity contribution in [1.82, 2.24) is 0 Å². The summed E-state index contributed by atoms with van der Waals surface area (Å²) in [5.41, 5.74) is 1.03. The van der Waals surface area contributed by atoms with Crippen molar-refractivity contribution in [3.8, 4) is 0 Å². The summed E-state index contributed by atoms with van der Waals surface area (Å²) in [4.78, 5) is 0. The Hall–Kier alpha value is -0.570. The van der Waals surface area contributed by atoms with E-state index in [2.05, 4.69) is 6.92 Å². The Morgan fingerprint density at radius 1 is 1.29 bits per heavy atom. The minimum atomic E-state index is -0.226. The quantitative estimate of drug-likeness (QED) is 0.712. The maximum atomic E-state index is 5.80. The molecule has 1 aliphatic heterocycles. The molecule has 76 valence electrons. The minimum absolute atomic E-state index is 0.226. The Kier molecular flexibility index (Phi) is 3.06. The van der Waals surface area contributed by atoms with Crippen LogP contribution < -0.4 is 0 Å². The van der Waals surface area contributed by atoms with Gasteiger partial charge in [-0.05, 0) is 25.5 Å². The zero-order valence-corrected chi connectivity index (χ0v) is 8.83. The molecule has 2 atom stereocenters. The Labute approximate surface area is 88.8 Å². The smallest absolute Gasteiger partial charge is 0.184 e. The SMILES string of the molecule is CC1CCOC(c2ccc(Cl)cc2)O1. The molecule has 2 nitrogen and oxygen atoms in total. The molecule has 0 radical (unpaired) electrons. The van der Waals surface area contributed by atoms with Gasteiger partial charge in [0.05, 0.1) is 12.7 Å². The maximum absolute atomic E-state index is 5.80. The van der Waals surface area contributed by atoms with Crippen molar-refractivity contribution in [3.05, 3.63) is 34.9 Å². The Bertz CT molecular complexity index is 297. The van der Waals surface area contributed by atoms with Crippen molar-refractivity contribution >= 4 is 11.6 Å². The fourth-order valence-electron chi connectivity index (χ4n) is 1.45. The minimum Gasteiger partial charge on any atom is -0.348 e. The second kappa shape index (κ2) is 4.30. The highest BCUT2D eigenvalue weighted by Crippen LogP contribution is 2.26. The van der Waals surface area contributed by atoms with Crippen LogP contribution in [0.4, 0.5) is 0 Å². The van der Waals surface area contributed by atoms with E-state index in [9.17, 15) is 0 Å². The zero-order chi connectivity index (χ0) is 9.97. The van der Waals surface area contributed by atoms with Crippen LogP contribution in [-0.2, 0) is 9.47 Å². The molecular weight excluding hydrogens is 200 g/mol. The average molecular weight is 213 g/mol. The third-order valence-corrected chi connectivity index (χ3v) is 2.54. The lowest BCUT2D eigenvalue weighted by Crippen LogP contribution is -2.24. The van der Waals surface area contributed by atoms with E-state index in [1.165, 1.54) is 0 Å². The number of benzene rings is 1. The van der Waals surface area contributed by atoms with Crippen molar-refractivity contribution in [2.45, 2.75) is 25.7 Å². The van der Waals surface area contributed by atoms with Gasteiger partial charge in [0.1, 0.15) is 0 Å². The number of halogens is 1. The predicted octanol–water partition coefficient (Wildman–Crippen LogP) is 3.16. The van der Waals surface area contributed by atoms with E-state index in [1.54, 1.807) is 0 Å². The Morgan fingerprint density at radius 3 is 2.64 bits per heavy atom. The zero-order valence-electron chi connectivity index (χ0n) is 8.07. The van der Waals surface area contributed by atoms with E-state index in [4.69, 9.17) is 21.1 Å². The summed E-state index contributed by atoms with van der Waals surface area (Å²) in [6.45, 7) is 2.82. The van der Waals surface area contributed by atoms with Crippen LogP contribution in [0.15, 0.2) is 24.3 Å². The van der Waals surface area contributed by atoms with E-state index >= 15 is 0 Å². The van der Waals surface area contributed by atoms with Crippen LogP contribution in [0.25, 0.3) is 0 Å². The van der Waals surface area contributed by atoms with Crippen LogP contribution in [0.3, 0.4) is 0 Å². The van der Waals surface area contributed by atoms with Gasteiger partial charge in [-0.2, -0.15) is 0 Å². The van der Waals surface area contributed by atoms with Crippen molar-refractivity contribution in [3.63, 3.8) is 0 Å². The van der Waals surface area contributed by atoms with Gasteiger partial charge in [0.15, 0.2) is 6.29 Å². The van der Waals surface area contributed by atoms with E-state index in [0.717, 1.165) is 23.6 Å². The molecule has 2 unspecified atom stereocenters. The van der Waals surface area contributed by atoms with Crippen LogP contribution >= 0.6 is 11.6 Å². The molecule has 1 fully saturated rings. The van der Waals surface area contributed by atoms with Crippen molar-refractivity contribution < 1.29 is 9.47 Å². The van der Waals surface area contributed by atoms with E-state index in [-0.39, 0.29) is 12.4 Å². The van der Waals surface area contributed by atoms with Gasteiger partial charge in [-0.1, -0.05) is 23.7 Å². The van der Waals surface area contributed by atoms with Gasteiger partial charge in [-0.3, -0.25) is 0 Å². The van der Waals surface area contributed by atoms with Crippen LogP contribution in [0.1, 0.15) is 25.2 Å². The summed E-state index contributed by atoms with van der Waals surface area (Å²) in [6, 6.07) is 7.57. The van der Waals surface area contributed by atoms with Gasteiger partial charge in [0, 0.05) is 10.6 Å². The summed E-state index contributed by atoms with van der Waals surface area (Å²) in [5, 5.41) is 0.734. The molecule has 0 aromatic heterocycles. The largest absolute Gasteiger partial charge is 0.348 e. The second-order valence-corrected chi connectivity index (χ2v) is 3.93. The molecule has 0 amide bonds. The first-order valence-electron chi connectivity index (χ1n) is 4.78. The van der Waals surface area contributed by atoms with Gasteiger partial charge < -0.3 is 9.47 Å². The van der Waals surface area contributed by atoms with Crippen molar-refractivity contribution in [2.75, 3.05) is 6.61 Å². The molecular formula is C11H13ClO2. The summed E-state index contributed by atoms with van der Waals surface area (Å²) in [5.74, 6) is 0. The molecule has 1 aromatic carbocycles. The van der Waals surface area contributed by atoms with Crippen molar-refractivity contribution in [1.29, 1.82) is 0 Å². The topological polar surface area (TPSA) is 18.5 Å². The summed E-state index contributed by atoms with van der Waals surface area (Å²) in [6.07, 6.45) is 1.00. The van der Waals surface area contributed by atoms with Gasteiger partial charge >= 0.3 is 0 Å². The molecule has 0 saturated carbocycles. The van der Waals surface area contributed by atoms with Gasteiger partial charge in [-0.25, -0.2) is 0 Å². The van der Waals surface area contributed by atoms with E-state index in [0.29, 0.717) is 0 Å². The highest BCUT2D eigenvalue weighted by atomic mass is 35.5. The molecule has 1 heterocycles. The predicted molar refractivity (Wildman–Crippen MR) is 55.3 cm³/mol. The average Bonchev–Trinajstić information content (AvgIpc) is 2.19. The normalized spacial score (nSPS) is 27.6. The molecule has 0 N–H and O–H groups in total. The highest BCUT2D eigenvalue weighted by Gasteiger charge is 2.20. The molecule has 1 aliphatic rings. The lowest BCUT2D eigenvalue weighted by atomic mass is 10.2. The molecule has 2 rings (SSSR count). The second-order valence-electron chi connectivity index (χ2n) is 3.49. The third-order valence-electron chi connectivity index (χ3n) is 2.29. The molecule has 3 heteroatoms.